The molecule has 3 heterocycles. The summed E-state index contributed by atoms with van der Waals surface area (Å²) in [6.45, 7) is 6.77. The molecule has 2 aliphatic heterocycles. The fraction of sp³-hybridized carbons (Fsp3) is 0.625. The number of aromatic nitrogens is 2. The maximum absolute atomic E-state index is 13.4. The zero-order valence-corrected chi connectivity index (χ0v) is 20.8. The van der Waals surface area contributed by atoms with E-state index in [9.17, 15) is 13.2 Å². The molecule has 0 aliphatic carbocycles. The van der Waals surface area contributed by atoms with Crippen molar-refractivity contribution in [2.45, 2.75) is 44.9 Å². The lowest BCUT2D eigenvalue weighted by atomic mass is 9.84. The van der Waals surface area contributed by atoms with Gasteiger partial charge in [-0.15, -0.1) is 0 Å². The Labute approximate surface area is 201 Å². The van der Waals surface area contributed by atoms with E-state index in [0.29, 0.717) is 44.4 Å². The van der Waals surface area contributed by atoms with Crippen molar-refractivity contribution in [3.05, 3.63) is 47.1 Å². The largest absolute Gasteiger partial charge is 0.381 e. The van der Waals surface area contributed by atoms with Crippen LogP contribution in [0.5, 0.6) is 0 Å². The minimum absolute atomic E-state index is 0.0186. The van der Waals surface area contributed by atoms with Crippen molar-refractivity contribution in [3.8, 4) is 0 Å². The van der Waals surface area contributed by atoms with Gasteiger partial charge >= 0.3 is 6.03 Å². The summed E-state index contributed by atoms with van der Waals surface area (Å²) in [6.07, 6.45) is 2.36. The van der Waals surface area contributed by atoms with Crippen molar-refractivity contribution in [2.24, 2.45) is 0 Å². The zero-order valence-electron chi connectivity index (χ0n) is 20.0. The lowest BCUT2D eigenvalue weighted by Crippen LogP contribution is -2.53. The van der Waals surface area contributed by atoms with Gasteiger partial charge in [-0.3, -0.25) is 0 Å². The molecule has 2 fully saturated rings. The number of piperidine rings is 1. The third-order valence-corrected chi connectivity index (χ3v) is 8.31. The van der Waals surface area contributed by atoms with E-state index in [1.54, 1.807) is 4.90 Å². The van der Waals surface area contributed by atoms with Gasteiger partial charge in [0, 0.05) is 45.1 Å². The minimum atomic E-state index is -3.06. The summed E-state index contributed by atoms with van der Waals surface area (Å²) >= 11 is 0. The van der Waals surface area contributed by atoms with Crippen LogP contribution in [-0.4, -0.2) is 85.3 Å². The van der Waals surface area contributed by atoms with Gasteiger partial charge in [-0.2, -0.15) is 4.98 Å². The highest BCUT2D eigenvalue weighted by atomic mass is 32.2. The summed E-state index contributed by atoms with van der Waals surface area (Å²) < 4.78 is 34.7. The van der Waals surface area contributed by atoms with E-state index in [-0.39, 0.29) is 42.5 Å². The second kappa shape index (κ2) is 10.9. The number of carbonyl (C=O) groups excluding carboxylic acids is 1. The van der Waals surface area contributed by atoms with Crippen LogP contribution in [0.2, 0.25) is 0 Å². The second-order valence-corrected chi connectivity index (χ2v) is 11.4. The van der Waals surface area contributed by atoms with E-state index in [4.69, 9.17) is 9.26 Å². The lowest BCUT2D eigenvalue weighted by molar-refractivity contribution is 0.130. The van der Waals surface area contributed by atoms with E-state index in [2.05, 4.69) is 41.3 Å². The Morgan fingerprint density at radius 1 is 1.09 bits per heavy atom. The molecule has 2 aliphatic rings. The summed E-state index contributed by atoms with van der Waals surface area (Å²) in [5, 5.41) is 4.11. The number of ether oxygens (including phenoxy) is 1. The van der Waals surface area contributed by atoms with E-state index in [0.717, 1.165) is 12.8 Å². The highest BCUT2D eigenvalue weighted by Crippen LogP contribution is 2.36. The molecule has 0 radical (unpaired) electrons. The number of hydrogen-bond acceptors (Lipinski definition) is 7. The van der Waals surface area contributed by atoms with Crippen LogP contribution < -0.4 is 0 Å². The monoisotopic (exact) mass is 490 g/mol. The number of rotatable bonds is 7. The first-order valence-electron chi connectivity index (χ1n) is 12.1. The molecule has 2 saturated heterocycles. The normalized spacial score (nSPS) is 22.6. The Kier molecular flexibility index (Phi) is 7.88. The van der Waals surface area contributed by atoms with Crippen LogP contribution in [0.15, 0.2) is 28.8 Å². The number of benzene rings is 1. The number of sulfone groups is 1. The van der Waals surface area contributed by atoms with Gasteiger partial charge in [0.2, 0.25) is 5.89 Å². The van der Waals surface area contributed by atoms with Crippen LogP contribution in [-0.2, 0) is 27.4 Å². The molecule has 0 N–H and O–H groups in total. The summed E-state index contributed by atoms with van der Waals surface area (Å²) in [4.78, 5) is 21.5. The Balaban J connectivity index is 1.53. The SMILES string of the molecule is CCOCCc1noc(C2CC(c3ccc(CC)cc3)CN(C(=O)N3CCS(=O)(=O)CC3)C2)n1. The van der Waals surface area contributed by atoms with Crippen LogP contribution in [0.4, 0.5) is 4.79 Å². The van der Waals surface area contributed by atoms with Crippen LogP contribution in [0.1, 0.15) is 54.9 Å². The molecule has 4 rings (SSSR count). The Morgan fingerprint density at radius 3 is 2.47 bits per heavy atom. The molecule has 10 heteroatoms. The van der Waals surface area contributed by atoms with Crippen molar-refractivity contribution in [1.29, 1.82) is 0 Å². The van der Waals surface area contributed by atoms with Crippen LogP contribution in [0.25, 0.3) is 0 Å². The molecule has 2 amide bonds. The van der Waals surface area contributed by atoms with Crippen molar-refractivity contribution >= 4 is 15.9 Å². The molecular weight excluding hydrogens is 456 g/mol. The average molecular weight is 491 g/mol. The van der Waals surface area contributed by atoms with Gasteiger partial charge < -0.3 is 19.1 Å². The van der Waals surface area contributed by atoms with Crippen LogP contribution in [0, 0.1) is 0 Å². The van der Waals surface area contributed by atoms with E-state index < -0.39 is 9.84 Å². The molecule has 2 aromatic rings. The minimum Gasteiger partial charge on any atom is -0.381 e. The maximum atomic E-state index is 13.4. The van der Waals surface area contributed by atoms with Crippen LogP contribution >= 0.6 is 0 Å². The van der Waals surface area contributed by atoms with Crippen LogP contribution in [0.3, 0.4) is 0 Å². The number of likely N-dealkylation sites (tertiary alicyclic amines) is 1. The summed E-state index contributed by atoms with van der Waals surface area (Å²) in [6, 6.07) is 8.44. The fourth-order valence-electron chi connectivity index (χ4n) is 4.65. The third kappa shape index (κ3) is 5.96. The number of aryl methyl sites for hydroxylation is 1. The highest BCUT2D eigenvalue weighted by Gasteiger charge is 2.37. The van der Waals surface area contributed by atoms with Crippen molar-refractivity contribution < 1.29 is 22.5 Å². The Morgan fingerprint density at radius 2 is 1.79 bits per heavy atom. The molecule has 0 saturated carbocycles. The van der Waals surface area contributed by atoms with Gasteiger partial charge in [0.25, 0.3) is 0 Å². The molecular formula is C24H34N4O5S. The maximum Gasteiger partial charge on any atom is 0.320 e. The molecule has 2 atom stereocenters. The highest BCUT2D eigenvalue weighted by molar-refractivity contribution is 7.91. The number of amides is 2. The smallest absolute Gasteiger partial charge is 0.320 e. The van der Waals surface area contributed by atoms with Crippen molar-refractivity contribution in [1.82, 2.24) is 19.9 Å². The Bertz CT molecular complexity index is 1060. The first-order valence-corrected chi connectivity index (χ1v) is 13.9. The molecule has 186 valence electrons. The summed E-state index contributed by atoms with van der Waals surface area (Å²) in [5.41, 5.74) is 2.45. The number of hydrogen-bond donors (Lipinski definition) is 0. The Hall–Kier alpha value is -2.46. The topological polar surface area (TPSA) is 106 Å². The predicted molar refractivity (Wildman–Crippen MR) is 128 cm³/mol. The predicted octanol–water partition coefficient (Wildman–Crippen LogP) is 2.63. The molecule has 0 bridgehead atoms. The summed E-state index contributed by atoms with van der Waals surface area (Å²) in [7, 11) is -3.06. The van der Waals surface area contributed by atoms with Gasteiger partial charge in [-0.25, -0.2) is 13.2 Å². The van der Waals surface area contributed by atoms with Gasteiger partial charge in [-0.1, -0.05) is 36.3 Å². The molecule has 2 unspecified atom stereocenters. The number of carbonyl (C=O) groups is 1. The van der Waals surface area contributed by atoms with Crippen molar-refractivity contribution in [2.75, 3.05) is 50.9 Å². The molecule has 1 aromatic carbocycles. The molecule has 34 heavy (non-hydrogen) atoms. The third-order valence-electron chi connectivity index (χ3n) is 6.70. The quantitative estimate of drug-likeness (QED) is 0.549. The first kappa shape index (κ1) is 24.7. The molecule has 9 nitrogen and oxygen atoms in total. The number of urea groups is 1. The second-order valence-electron chi connectivity index (χ2n) is 9.05. The van der Waals surface area contributed by atoms with Gasteiger partial charge in [0.05, 0.1) is 24.0 Å². The van der Waals surface area contributed by atoms with Gasteiger partial charge in [0.15, 0.2) is 15.7 Å². The van der Waals surface area contributed by atoms with E-state index in [1.807, 2.05) is 11.8 Å². The van der Waals surface area contributed by atoms with E-state index in [1.165, 1.54) is 11.1 Å². The lowest BCUT2D eigenvalue weighted by Gasteiger charge is -2.40. The van der Waals surface area contributed by atoms with Crippen molar-refractivity contribution in [3.63, 3.8) is 0 Å². The summed E-state index contributed by atoms with van der Waals surface area (Å²) in [5.74, 6) is 1.23. The average Bonchev–Trinajstić information content (AvgIpc) is 3.33. The van der Waals surface area contributed by atoms with Gasteiger partial charge in [0.1, 0.15) is 0 Å². The van der Waals surface area contributed by atoms with E-state index >= 15 is 0 Å². The molecule has 0 spiro atoms. The molecule has 1 aromatic heterocycles. The number of nitrogens with zero attached hydrogens (tertiary/aromatic N) is 4. The zero-order chi connectivity index (χ0) is 24.1. The standard InChI is InChI=1S/C24H34N4O5S/c1-3-18-5-7-19(8-6-18)20-15-21(23-25-22(26-33-23)9-12-32-4-2)17-28(16-20)24(29)27-10-13-34(30,31)14-11-27/h5-8,20-21H,3-4,9-17H2,1-2H3. The first-order chi connectivity index (χ1) is 16.4. The van der Waals surface area contributed by atoms with Gasteiger partial charge in [-0.05, 0) is 30.9 Å². The fourth-order valence-corrected chi connectivity index (χ4v) is 5.85.